The first-order valence-electron chi connectivity index (χ1n) is 13.0. The van der Waals surface area contributed by atoms with Crippen LogP contribution in [0.4, 0.5) is 30.6 Å². The molecule has 6 rings (SSSR count). The highest BCUT2D eigenvalue weighted by Gasteiger charge is 2.35. The average molecular weight is 576 g/mol. The minimum absolute atomic E-state index is 0.00413. The summed E-state index contributed by atoms with van der Waals surface area (Å²) in [4.78, 5) is 27.9. The lowest BCUT2D eigenvalue weighted by atomic mass is 10.1. The van der Waals surface area contributed by atoms with Gasteiger partial charge in [-0.3, -0.25) is 19.6 Å². The predicted octanol–water partition coefficient (Wildman–Crippen LogP) is 5.57. The Bertz CT molecular complexity index is 1790. The number of methoxy groups -OCH3 is 1. The number of aldehydes is 1. The third kappa shape index (κ3) is 5.40. The van der Waals surface area contributed by atoms with Crippen LogP contribution in [0.15, 0.2) is 67.1 Å². The van der Waals surface area contributed by atoms with Crippen LogP contribution in [0.5, 0.6) is 5.75 Å². The number of amides is 1. The number of alkyl halides is 3. The van der Waals surface area contributed by atoms with Crippen LogP contribution in [0.25, 0.3) is 16.6 Å². The van der Waals surface area contributed by atoms with Crippen molar-refractivity contribution in [2.24, 2.45) is 5.92 Å². The molecule has 10 nitrogen and oxygen atoms in total. The largest absolute Gasteiger partial charge is 0.494 e. The summed E-state index contributed by atoms with van der Waals surface area (Å²) in [5, 5.41) is 14.6. The zero-order valence-electron chi connectivity index (χ0n) is 22.2. The van der Waals surface area contributed by atoms with Crippen molar-refractivity contribution < 1.29 is 27.5 Å². The van der Waals surface area contributed by atoms with Gasteiger partial charge in [0.05, 0.1) is 31.1 Å². The van der Waals surface area contributed by atoms with Gasteiger partial charge in [-0.25, -0.2) is 4.52 Å². The molecule has 214 valence electrons. The van der Waals surface area contributed by atoms with E-state index in [1.165, 1.54) is 16.6 Å². The molecule has 0 unspecified atom stereocenters. The number of carbonyl (C=O) groups excluding carboxylic acids is 2. The fraction of sp³-hybridized carbons (Fsp3) is 0.207. The number of nitrogens with zero attached hydrogens (tertiary/aromatic N) is 5. The van der Waals surface area contributed by atoms with Crippen LogP contribution >= 0.6 is 0 Å². The predicted molar refractivity (Wildman–Crippen MR) is 148 cm³/mol. The topological polar surface area (TPSA) is 115 Å². The SMILES string of the molecule is COc1c(Nc2nc(NC(=O)C3CC3)nn3ccc(-c4cnn(Cc5ccc(C=O)cc5)c4)c23)cccc1C(F)(F)F. The summed E-state index contributed by atoms with van der Waals surface area (Å²) < 4.78 is 49.5. The lowest BCUT2D eigenvalue weighted by Gasteiger charge is -2.17. The van der Waals surface area contributed by atoms with Gasteiger partial charge >= 0.3 is 6.18 Å². The molecule has 3 aromatic heterocycles. The molecule has 42 heavy (non-hydrogen) atoms. The summed E-state index contributed by atoms with van der Waals surface area (Å²) in [5.41, 5.74) is 2.43. The number of benzene rings is 2. The standard InChI is InChI=1S/C29H24F3N7O3/c1-42-25-22(29(30,31)32)3-2-4-23(25)34-26-24-21(11-12-39(24)37-28(35-26)36-27(41)19-9-10-19)20-13-33-38(15-20)14-17-5-7-18(16-40)8-6-17/h2-8,11-13,15-16,19H,9-10,14H2,1H3,(H2,34,35,36,37,41). The van der Waals surface area contributed by atoms with Crippen LogP contribution in [-0.2, 0) is 17.5 Å². The van der Waals surface area contributed by atoms with Crippen molar-refractivity contribution in [3.8, 4) is 16.9 Å². The number of fused-ring (bicyclic) bond motifs is 1. The first-order valence-corrected chi connectivity index (χ1v) is 13.0. The molecule has 0 atom stereocenters. The molecule has 2 aromatic carbocycles. The lowest BCUT2D eigenvalue weighted by molar-refractivity contribution is -0.138. The molecule has 13 heteroatoms. The first-order chi connectivity index (χ1) is 20.2. The van der Waals surface area contributed by atoms with Gasteiger partial charge in [0.15, 0.2) is 11.6 Å². The third-order valence-corrected chi connectivity index (χ3v) is 6.88. The Balaban J connectivity index is 1.40. The maximum atomic E-state index is 13.7. The maximum Gasteiger partial charge on any atom is 0.420 e. The fourth-order valence-corrected chi connectivity index (χ4v) is 4.64. The zero-order chi connectivity index (χ0) is 29.4. The normalized spacial score (nSPS) is 13.2. The number of nitrogens with one attached hydrogen (secondary N) is 2. The number of hydrogen-bond acceptors (Lipinski definition) is 7. The Labute approximate surface area is 237 Å². The summed E-state index contributed by atoms with van der Waals surface area (Å²) in [6.45, 7) is 0.450. The number of anilines is 3. The van der Waals surface area contributed by atoms with E-state index in [1.54, 1.807) is 35.3 Å². The van der Waals surface area contributed by atoms with Crippen molar-refractivity contribution in [1.82, 2.24) is 24.4 Å². The van der Waals surface area contributed by atoms with Gasteiger partial charge in [0.2, 0.25) is 11.9 Å². The summed E-state index contributed by atoms with van der Waals surface area (Å²) in [7, 11) is 1.16. The van der Waals surface area contributed by atoms with E-state index in [2.05, 4.69) is 25.8 Å². The van der Waals surface area contributed by atoms with Gasteiger partial charge in [0, 0.05) is 35.0 Å². The van der Waals surface area contributed by atoms with Crippen molar-refractivity contribution in [3.05, 3.63) is 83.8 Å². The number of halogens is 3. The number of carbonyl (C=O) groups is 2. The Hall–Kier alpha value is -5.20. The quantitative estimate of drug-likeness (QED) is 0.221. The highest BCUT2D eigenvalue weighted by atomic mass is 19.4. The molecule has 1 amide bonds. The van der Waals surface area contributed by atoms with E-state index in [0.29, 0.717) is 28.8 Å². The van der Waals surface area contributed by atoms with Crippen LogP contribution < -0.4 is 15.4 Å². The molecule has 0 aliphatic heterocycles. The van der Waals surface area contributed by atoms with E-state index in [9.17, 15) is 22.8 Å². The second-order valence-corrected chi connectivity index (χ2v) is 9.87. The summed E-state index contributed by atoms with van der Waals surface area (Å²) in [6, 6.07) is 12.6. The van der Waals surface area contributed by atoms with Gasteiger partial charge in [0.25, 0.3) is 0 Å². The second-order valence-electron chi connectivity index (χ2n) is 9.87. The number of para-hydroxylation sites is 1. The molecule has 0 spiro atoms. The minimum atomic E-state index is -4.64. The number of hydrogen-bond donors (Lipinski definition) is 2. The van der Waals surface area contributed by atoms with E-state index in [1.807, 2.05) is 18.3 Å². The molecule has 1 saturated carbocycles. The molecule has 1 aliphatic carbocycles. The highest BCUT2D eigenvalue weighted by Crippen LogP contribution is 2.42. The molecule has 0 saturated heterocycles. The van der Waals surface area contributed by atoms with Crippen molar-refractivity contribution >= 4 is 35.2 Å². The van der Waals surface area contributed by atoms with Gasteiger partial charge < -0.3 is 10.1 Å². The van der Waals surface area contributed by atoms with Gasteiger partial charge in [-0.1, -0.05) is 30.3 Å². The first kappa shape index (κ1) is 27.0. The second kappa shape index (κ2) is 10.7. The van der Waals surface area contributed by atoms with Gasteiger partial charge in [0.1, 0.15) is 11.8 Å². The van der Waals surface area contributed by atoms with Crippen LogP contribution in [0, 0.1) is 5.92 Å². The number of ether oxygens (including phenoxy) is 1. The van der Waals surface area contributed by atoms with Crippen molar-refractivity contribution in [3.63, 3.8) is 0 Å². The van der Waals surface area contributed by atoms with E-state index in [0.717, 1.165) is 37.9 Å². The Kier molecular flexibility index (Phi) is 6.85. The molecular weight excluding hydrogens is 551 g/mol. The fourth-order valence-electron chi connectivity index (χ4n) is 4.64. The molecule has 3 heterocycles. The molecule has 0 bridgehead atoms. The molecule has 1 fully saturated rings. The van der Waals surface area contributed by atoms with Gasteiger partial charge in [-0.15, -0.1) is 5.10 Å². The molecule has 5 aromatic rings. The van der Waals surface area contributed by atoms with Crippen molar-refractivity contribution in [2.75, 3.05) is 17.7 Å². The van der Waals surface area contributed by atoms with Crippen LogP contribution in [-0.4, -0.2) is 43.7 Å². The smallest absolute Gasteiger partial charge is 0.420 e. The van der Waals surface area contributed by atoms with Crippen molar-refractivity contribution in [1.29, 1.82) is 0 Å². The van der Waals surface area contributed by atoms with Gasteiger partial charge in [-0.05, 0) is 36.6 Å². The van der Waals surface area contributed by atoms with Crippen LogP contribution in [0.3, 0.4) is 0 Å². The monoisotopic (exact) mass is 575 g/mol. The van der Waals surface area contributed by atoms with E-state index >= 15 is 0 Å². The average Bonchev–Trinajstić information content (AvgIpc) is 3.59. The van der Waals surface area contributed by atoms with E-state index in [-0.39, 0.29) is 29.3 Å². The lowest BCUT2D eigenvalue weighted by Crippen LogP contribution is -2.17. The Morgan fingerprint density at radius 1 is 1.14 bits per heavy atom. The molecule has 2 N–H and O–H groups in total. The zero-order valence-corrected chi connectivity index (χ0v) is 22.2. The molecular formula is C29H24F3N7O3. The summed E-state index contributed by atoms with van der Waals surface area (Å²) in [6.07, 6.45) is 2.84. The van der Waals surface area contributed by atoms with Crippen molar-refractivity contribution in [2.45, 2.75) is 25.6 Å². The van der Waals surface area contributed by atoms with Crippen LogP contribution in [0.2, 0.25) is 0 Å². The highest BCUT2D eigenvalue weighted by molar-refractivity contribution is 5.94. The van der Waals surface area contributed by atoms with E-state index in [4.69, 9.17) is 4.74 Å². The van der Waals surface area contributed by atoms with Crippen LogP contribution in [0.1, 0.15) is 34.3 Å². The number of aromatic nitrogens is 5. The molecule has 1 aliphatic rings. The minimum Gasteiger partial charge on any atom is -0.494 e. The maximum absolute atomic E-state index is 13.7. The summed E-state index contributed by atoms with van der Waals surface area (Å²) in [5.74, 6) is -0.556. The van der Waals surface area contributed by atoms with Gasteiger partial charge in [-0.2, -0.15) is 23.3 Å². The number of rotatable bonds is 9. The van der Waals surface area contributed by atoms with E-state index < -0.39 is 17.5 Å². The Morgan fingerprint density at radius 2 is 1.93 bits per heavy atom. The summed E-state index contributed by atoms with van der Waals surface area (Å²) >= 11 is 0. The third-order valence-electron chi connectivity index (χ3n) is 6.88. The Morgan fingerprint density at radius 3 is 2.62 bits per heavy atom. The molecule has 0 radical (unpaired) electrons.